The minimum atomic E-state index is -3.57. The van der Waals surface area contributed by atoms with Gasteiger partial charge in [0.2, 0.25) is 5.91 Å². The van der Waals surface area contributed by atoms with Crippen molar-refractivity contribution in [2.45, 2.75) is 43.1 Å². The van der Waals surface area contributed by atoms with E-state index in [2.05, 4.69) is 5.32 Å². The van der Waals surface area contributed by atoms with Crippen molar-refractivity contribution in [1.82, 2.24) is 9.88 Å². The summed E-state index contributed by atoms with van der Waals surface area (Å²) in [7, 11) is -3.57. The first-order valence-corrected chi connectivity index (χ1v) is 11.8. The van der Waals surface area contributed by atoms with Gasteiger partial charge in [0.1, 0.15) is 6.54 Å². The molecule has 6 nitrogen and oxygen atoms in total. The van der Waals surface area contributed by atoms with Crippen molar-refractivity contribution in [3.05, 3.63) is 65.9 Å². The molecule has 2 heterocycles. The fraction of sp³-hybridized carbons (Fsp3) is 0.348. The summed E-state index contributed by atoms with van der Waals surface area (Å²) in [6, 6.07) is 14.8. The van der Waals surface area contributed by atoms with Crippen molar-refractivity contribution in [1.29, 1.82) is 0 Å². The first-order chi connectivity index (χ1) is 14.4. The molecule has 0 radical (unpaired) electrons. The molecule has 2 aromatic carbocycles. The number of nitrogens with one attached hydrogen (secondary N) is 1. The van der Waals surface area contributed by atoms with Crippen molar-refractivity contribution >= 4 is 26.6 Å². The molecule has 1 aliphatic heterocycles. The molecule has 1 N–H and O–H groups in total. The summed E-state index contributed by atoms with van der Waals surface area (Å²) in [4.78, 5) is 12.7. The van der Waals surface area contributed by atoms with Crippen LogP contribution in [0.15, 0.2) is 59.6 Å². The molecule has 4 rings (SSSR count). The Morgan fingerprint density at radius 3 is 2.67 bits per heavy atom. The van der Waals surface area contributed by atoms with E-state index in [1.165, 1.54) is 0 Å². The zero-order valence-electron chi connectivity index (χ0n) is 17.0. The van der Waals surface area contributed by atoms with E-state index in [0.29, 0.717) is 11.9 Å². The number of fused-ring (bicyclic) bond motifs is 1. The molecule has 1 aliphatic rings. The van der Waals surface area contributed by atoms with Crippen LogP contribution in [0.4, 0.5) is 0 Å². The fourth-order valence-corrected chi connectivity index (χ4v) is 5.40. The van der Waals surface area contributed by atoms with Crippen molar-refractivity contribution < 1.29 is 17.9 Å². The largest absolute Gasteiger partial charge is 0.376 e. The number of sulfone groups is 1. The summed E-state index contributed by atoms with van der Waals surface area (Å²) in [5.41, 5.74) is 2.56. The number of carbonyl (C=O) groups excluding carboxylic acids is 1. The van der Waals surface area contributed by atoms with Crippen molar-refractivity contribution in [3.63, 3.8) is 0 Å². The van der Waals surface area contributed by atoms with Crippen LogP contribution < -0.4 is 5.32 Å². The second-order valence-corrected chi connectivity index (χ2v) is 9.78. The van der Waals surface area contributed by atoms with Gasteiger partial charge in [0, 0.05) is 30.3 Å². The quantitative estimate of drug-likeness (QED) is 0.629. The summed E-state index contributed by atoms with van der Waals surface area (Å²) in [6.07, 6.45) is 3.62. The first-order valence-electron chi connectivity index (χ1n) is 10.2. The third-order valence-corrected chi connectivity index (χ3v) is 7.14. The number of hydrogen-bond donors (Lipinski definition) is 1. The lowest BCUT2D eigenvalue weighted by Crippen LogP contribution is -2.34. The lowest BCUT2D eigenvalue weighted by atomic mass is 10.2. The second kappa shape index (κ2) is 8.62. The van der Waals surface area contributed by atoms with E-state index in [1.807, 2.05) is 49.4 Å². The van der Waals surface area contributed by atoms with Crippen LogP contribution in [-0.4, -0.2) is 38.1 Å². The molecule has 1 amide bonds. The number of amides is 1. The Morgan fingerprint density at radius 1 is 1.17 bits per heavy atom. The van der Waals surface area contributed by atoms with Crippen LogP contribution in [0.3, 0.4) is 0 Å². The lowest BCUT2D eigenvalue weighted by Gasteiger charge is -2.11. The number of nitrogens with zero attached hydrogens (tertiary/aromatic N) is 1. The molecule has 0 aliphatic carbocycles. The number of aromatic nitrogens is 1. The summed E-state index contributed by atoms with van der Waals surface area (Å²) in [5, 5.41) is 3.53. The highest BCUT2D eigenvalue weighted by molar-refractivity contribution is 7.90. The standard InChI is InChI=1S/C23H26N2O4S/c1-17-8-10-18(11-9-17)16-30(27,28)22-14-25(21-7-3-2-6-20(21)22)15-23(26)24-13-19-5-4-12-29-19/h2-3,6-11,14,19H,4-5,12-13,15-16H2,1H3,(H,24,26)/t19-/m0/s1. The van der Waals surface area contributed by atoms with E-state index < -0.39 is 9.84 Å². The number of carbonyl (C=O) groups is 1. The van der Waals surface area contributed by atoms with E-state index in [4.69, 9.17) is 4.74 Å². The third kappa shape index (κ3) is 4.57. The molecular weight excluding hydrogens is 400 g/mol. The number of hydrogen-bond acceptors (Lipinski definition) is 4. The molecule has 30 heavy (non-hydrogen) atoms. The van der Waals surface area contributed by atoms with Gasteiger partial charge in [-0.1, -0.05) is 48.0 Å². The highest BCUT2D eigenvalue weighted by atomic mass is 32.2. The zero-order chi connectivity index (χ0) is 21.1. The number of ether oxygens (including phenoxy) is 1. The molecule has 1 atom stereocenters. The summed E-state index contributed by atoms with van der Waals surface area (Å²) in [5.74, 6) is -0.235. The maximum absolute atomic E-state index is 13.2. The van der Waals surface area contributed by atoms with Crippen LogP contribution in [0.2, 0.25) is 0 Å². The molecule has 1 aromatic heterocycles. The minimum absolute atomic E-state index is 0.0628. The minimum Gasteiger partial charge on any atom is -0.376 e. The van der Waals surface area contributed by atoms with Gasteiger partial charge in [-0.25, -0.2) is 8.42 Å². The van der Waals surface area contributed by atoms with Crippen LogP contribution in [0.1, 0.15) is 24.0 Å². The molecule has 158 valence electrons. The Hall–Kier alpha value is -2.64. The van der Waals surface area contributed by atoms with E-state index in [9.17, 15) is 13.2 Å². The smallest absolute Gasteiger partial charge is 0.240 e. The maximum atomic E-state index is 13.2. The molecule has 1 saturated heterocycles. The van der Waals surface area contributed by atoms with E-state index in [1.54, 1.807) is 16.8 Å². The molecule has 0 unspecified atom stereocenters. The molecule has 0 bridgehead atoms. The average Bonchev–Trinajstić information content (AvgIpc) is 3.37. The van der Waals surface area contributed by atoms with Crippen LogP contribution in [0.25, 0.3) is 10.9 Å². The molecule has 1 fully saturated rings. The van der Waals surface area contributed by atoms with E-state index in [-0.39, 0.29) is 29.2 Å². The highest BCUT2D eigenvalue weighted by Gasteiger charge is 2.23. The number of rotatable bonds is 7. The van der Waals surface area contributed by atoms with Gasteiger partial charge in [0.15, 0.2) is 9.84 Å². The number of aryl methyl sites for hydroxylation is 1. The van der Waals surface area contributed by atoms with E-state index >= 15 is 0 Å². The fourth-order valence-electron chi connectivity index (χ4n) is 3.82. The predicted octanol–water partition coefficient (Wildman–Crippen LogP) is 3.22. The second-order valence-electron chi connectivity index (χ2n) is 7.82. The van der Waals surface area contributed by atoms with Crippen LogP contribution in [-0.2, 0) is 31.7 Å². The van der Waals surface area contributed by atoms with Gasteiger partial charge in [-0.3, -0.25) is 4.79 Å². The van der Waals surface area contributed by atoms with Crippen LogP contribution in [0.5, 0.6) is 0 Å². The monoisotopic (exact) mass is 426 g/mol. The molecule has 7 heteroatoms. The Bertz CT molecular complexity index is 1140. The highest BCUT2D eigenvalue weighted by Crippen LogP contribution is 2.28. The zero-order valence-corrected chi connectivity index (χ0v) is 17.8. The first kappa shape index (κ1) is 20.6. The number of para-hydroxylation sites is 1. The predicted molar refractivity (Wildman–Crippen MR) is 116 cm³/mol. The van der Waals surface area contributed by atoms with Crippen LogP contribution in [0, 0.1) is 6.92 Å². The van der Waals surface area contributed by atoms with Gasteiger partial charge in [-0.15, -0.1) is 0 Å². The molecule has 3 aromatic rings. The Morgan fingerprint density at radius 2 is 1.93 bits per heavy atom. The summed E-state index contributed by atoms with van der Waals surface area (Å²) < 4.78 is 33.6. The molecular formula is C23H26N2O4S. The van der Waals surface area contributed by atoms with Crippen molar-refractivity contribution in [2.24, 2.45) is 0 Å². The van der Waals surface area contributed by atoms with Gasteiger partial charge in [0.25, 0.3) is 0 Å². The summed E-state index contributed by atoms with van der Waals surface area (Å²) in [6.45, 7) is 3.25. The average molecular weight is 427 g/mol. The van der Waals surface area contributed by atoms with Gasteiger partial charge in [0.05, 0.1) is 16.8 Å². The topological polar surface area (TPSA) is 77.4 Å². The van der Waals surface area contributed by atoms with Gasteiger partial charge < -0.3 is 14.6 Å². The Kier molecular flexibility index (Phi) is 5.92. The van der Waals surface area contributed by atoms with Gasteiger partial charge in [-0.2, -0.15) is 0 Å². The summed E-state index contributed by atoms with van der Waals surface area (Å²) >= 11 is 0. The van der Waals surface area contributed by atoms with Gasteiger partial charge in [-0.05, 0) is 31.4 Å². The van der Waals surface area contributed by atoms with Crippen molar-refractivity contribution in [2.75, 3.05) is 13.2 Å². The SMILES string of the molecule is Cc1ccc(CS(=O)(=O)c2cn(CC(=O)NC[C@@H]3CCCO3)c3ccccc23)cc1. The molecule has 0 spiro atoms. The maximum Gasteiger partial charge on any atom is 0.240 e. The normalized spacial score (nSPS) is 16.8. The van der Waals surface area contributed by atoms with Crippen LogP contribution >= 0.6 is 0 Å². The van der Waals surface area contributed by atoms with E-state index in [0.717, 1.165) is 36.1 Å². The molecule has 0 saturated carbocycles. The Labute approximate surface area is 176 Å². The van der Waals surface area contributed by atoms with Gasteiger partial charge >= 0.3 is 0 Å². The lowest BCUT2D eigenvalue weighted by molar-refractivity contribution is -0.122. The van der Waals surface area contributed by atoms with Crippen molar-refractivity contribution in [3.8, 4) is 0 Å². The number of benzene rings is 2. The third-order valence-electron chi connectivity index (χ3n) is 5.43. The Balaban J connectivity index is 1.56.